The molecule has 0 amide bonds. The van der Waals surface area contributed by atoms with E-state index in [1.165, 1.54) is 18.2 Å². The number of non-ortho nitro benzene ring substituents is 1. The van der Waals surface area contributed by atoms with Gasteiger partial charge in [0.2, 0.25) is 0 Å². The molecule has 0 N–H and O–H groups in total. The van der Waals surface area contributed by atoms with Crippen LogP contribution in [0.2, 0.25) is 0 Å². The molecule has 0 atom stereocenters. The summed E-state index contributed by atoms with van der Waals surface area (Å²) in [4.78, 5) is 10.4. The van der Waals surface area contributed by atoms with Gasteiger partial charge in [-0.3, -0.25) is 10.1 Å². The van der Waals surface area contributed by atoms with Crippen molar-refractivity contribution in [2.24, 2.45) is 0 Å². The SMILES string of the molecule is COc1ccc(C(=C\C=C\C(C)=C\C#N)/C=C/c2ccc([N+](=O)[O-])cc2)cc1. The molecule has 2 aromatic carbocycles. The Morgan fingerprint density at radius 1 is 1.11 bits per heavy atom. The molecule has 0 aromatic heterocycles. The van der Waals surface area contributed by atoms with Crippen molar-refractivity contribution in [2.75, 3.05) is 7.11 Å². The fraction of sp³-hybridized carbons (Fsp3) is 0.0870. The van der Waals surface area contributed by atoms with Crippen molar-refractivity contribution in [1.82, 2.24) is 0 Å². The van der Waals surface area contributed by atoms with Crippen LogP contribution in [0.5, 0.6) is 5.75 Å². The fourth-order valence-electron chi connectivity index (χ4n) is 2.38. The van der Waals surface area contributed by atoms with Crippen LogP contribution < -0.4 is 4.74 Å². The Kier molecular flexibility index (Phi) is 7.50. The van der Waals surface area contributed by atoms with Gasteiger partial charge in [0.05, 0.1) is 18.1 Å². The van der Waals surface area contributed by atoms with Crippen molar-refractivity contribution in [3.8, 4) is 11.8 Å². The molecule has 0 bridgehead atoms. The second-order valence-corrected chi connectivity index (χ2v) is 5.91. The molecule has 0 aliphatic carbocycles. The first-order valence-electron chi connectivity index (χ1n) is 8.55. The third-order valence-corrected chi connectivity index (χ3v) is 3.91. The van der Waals surface area contributed by atoms with Crippen LogP contribution in [0.4, 0.5) is 5.69 Å². The second-order valence-electron chi connectivity index (χ2n) is 5.91. The minimum absolute atomic E-state index is 0.0609. The van der Waals surface area contributed by atoms with Gasteiger partial charge < -0.3 is 4.74 Å². The fourth-order valence-corrected chi connectivity index (χ4v) is 2.38. The molecular formula is C23H20N2O3. The predicted octanol–water partition coefficient (Wildman–Crippen LogP) is 5.73. The van der Waals surface area contributed by atoms with E-state index in [0.717, 1.165) is 28.0 Å². The summed E-state index contributed by atoms with van der Waals surface area (Å²) in [7, 11) is 1.62. The van der Waals surface area contributed by atoms with Crippen LogP contribution in [-0.2, 0) is 0 Å². The first-order chi connectivity index (χ1) is 13.5. The number of hydrogen-bond acceptors (Lipinski definition) is 4. The van der Waals surface area contributed by atoms with E-state index in [4.69, 9.17) is 10.00 Å². The Morgan fingerprint density at radius 2 is 1.79 bits per heavy atom. The minimum atomic E-state index is -0.419. The zero-order valence-electron chi connectivity index (χ0n) is 15.7. The number of ether oxygens (including phenoxy) is 1. The maximum Gasteiger partial charge on any atom is 0.269 e. The number of benzene rings is 2. The van der Waals surface area contributed by atoms with Gasteiger partial charge in [-0.2, -0.15) is 5.26 Å². The lowest BCUT2D eigenvalue weighted by atomic mass is 10.0. The highest BCUT2D eigenvalue weighted by atomic mass is 16.6. The van der Waals surface area contributed by atoms with E-state index >= 15 is 0 Å². The van der Waals surface area contributed by atoms with E-state index in [1.807, 2.05) is 67.6 Å². The van der Waals surface area contributed by atoms with Gasteiger partial charge in [0.25, 0.3) is 5.69 Å². The van der Waals surface area contributed by atoms with Gasteiger partial charge in [0, 0.05) is 18.2 Å². The van der Waals surface area contributed by atoms with Gasteiger partial charge in [0.1, 0.15) is 5.75 Å². The monoisotopic (exact) mass is 372 g/mol. The van der Waals surface area contributed by atoms with Crippen LogP contribution in [0.15, 0.2) is 84.5 Å². The molecule has 0 fully saturated rings. The van der Waals surface area contributed by atoms with Crippen molar-refractivity contribution < 1.29 is 9.66 Å². The van der Waals surface area contributed by atoms with E-state index in [2.05, 4.69) is 0 Å². The molecule has 0 saturated carbocycles. The number of rotatable bonds is 7. The smallest absolute Gasteiger partial charge is 0.269 e. The van der Waals surface area contributed by atoms with Crippen molar-refractivity contribution in [3.63, 3.8) is 0 Å². The Labute approximate surface area is 164 Å². The zero-order chi connectivity index (χ0) is 20.4. The maximum atomic E-state index is 10.8. The summed E-state index contributed by atoms with van der Waals surface area (Å²) in [5.41, 5.74) is 3.71. The summed E-state index contributed by atoms with van der Waals surface area (Å²) in [6.07, 6.45) is 11.0. The van der Waals surface area contributed by atoms with Crippen LogP contribution in [0, 0.1) is 21.4 Å². The number of nitriles is 1. The van der Waals surface area contributed by atoms with Crippen molar-refractivity contribution in [3.05, 3.63) is 106 Å². The zero-order valence-corrected chi connectivity index (χ0v) is 15.7. The average Bonchev–Trinajstić information content (AvgIpc) is 2.71. The van der Waals surface area contributed by atoms with Crippen molar-refractivity contribution in [1.29, 1.82) is 5.26 Å². The summed E-state index contributed by atoms with van der Waals surface area (Å²) in [6.45, 7) is 1.85. The van der Waals surface area contributed by atoms with Crippen molar-refractivity contribution in [2.45, 2.75) is 6.92 Å². The van der Waals surface area contributed by atoms with E-state index < -0.39 is 4.92 Å². The lowest BCUT2D eigenvalue weighted by Gasteiger charge is -2.05. The summed E-state index contributed by atoms with van der Waals surface area (Å²) in [6, 6.07) is 16.0. The van der Waals surface area contributed by atoms with Gasteiger partial charge in [-0.05, 0) is 53.5 Å². The Balaban J connectivity index is 2.32. The summed E-state index contributed by atoms with van der Waals surface area (Å²) in [5, 5.41) is 19.5. The molecule has 5 nitrogen and oxygen atoms in total. The van der Waals surface area contributed by atoms with Crippen LogP contribution >= 0.6 is 0 Å². The number of allylic oxidation sites excluding steroid dienone is 7. The molecular weight excluding hydrogens is 352 g/mol. The van der Waals surface area contributed by atoms with Crippen LogP contribution in [0.25, 0.3) is 11.6 Å². The quantitative estimate of drug-likeness (QED) is 0.269. The van der Waals surface area contributed by atoms with Gasteiger partial charge >= 0.3 is 0 Å². The highest BCUT2D eigenvalue weighted by molar-refractivity contribution is 5.80. The molecule has 0 aliphatic heterocycles. The largest absolute Gasteiger partial charge is 0.497 e. The van der Waals surface area contributed by atoms with Gasteiger partial charge in [-0.15, -0.1) is 0 Å². The number of nitro groups is 1. The standard InChI is InChI=1S/C23H20N2O3/c1-18(16-17-24)4-3-5-20(21-10-14-23(28-2)15-11-21)9-6-19-7-12-22(13-8-19)25(26)27/h3-16H,1-2H3/b4-3+,9-6+,18-16+,20-5-. The molecule has 0 spiro atoms. The number of methoxy groups -OCH3 is 1. The molecule has 2 aromatic rings. The third kappa shape index (κ3) is 6.11. The molecule has 5 heteroatoms. The number of nitrogens with zero attached hydrogens (tertiary/aromatic N) is 2. The Hall–Kier alpha value is -3.91. The number of nitro benzene ring substituents is 1. The van der Waals surface area contributed by atoms with Crippen molar-refractivity contribution >= 4 is 17.3 Å². The molecule has 2 rings (SSSR count). The van der Waals surface area contributed by atoms with E-state index in [9.17, 15) is 10.1 Å². The second kappa shape index (κ2) is 10.3. The first kappa shape index (κ1) is 20.4. The van der Waals surface area contributed by atoms with Crippen LogP contribution in [0.3, 0.4) is 0 Å². The van der Waals surface area contributed by atoms with Gasteiger partial charge in [-0.1, -0.05) is 42.5 Å². The van der Waals surface area contributed by atoms with E-state index in [-0.39, 0.29) is 5.69 Å². The lowest BCUT2D eigenvalue weighted by Crippen LogP contribution is -1.87. The summed E-state index contributed by atoms with van der Waals surface area (Å²) >= 11 is 0. The number of hydrogen-bond donors (Lipinski definition) is 0. The molecule has 0 radical (unpaired) electrons. The average molecular weight is 372 g/mol. The first-order valence-corrected chi connectivity index (χ1v) is 8.55. The van der Waals surface area contributed by atoms with Gasteiger partial charge in [-0.25, -0.2) is 0 Å². The summed E-state index contributed by atoms with van der Waals surface area (Å²) in [5.74, 6) is 0.769. The highest BCUT2D eigenvalue weighted by Crippen LogP contribution is 2.22. The minimum Gasteiger partial charge on any atom is -0.497 e. The highest BCUT2D eigenvalue weighted by Gasteiger charge is 2.03. The van der Waals surface area contributed by atoms with Crippen LogP contribution in [-0.4, -0.2) is 12.0 Å². The maximum absolute atomic E-state index is 10.8. The van der Waals surface area contributed by atoms with Gasteiger partial charge in [0.15, 0.2) is 0 Å². The molecule has 0 heterocycles. The van der Waals surface area contributed by atoms with E-state index in [0.29, 0.717) is 0 Å². The molecule has 0 saturated heterocycles. The molecule has 140 valence electrons. The Morgan fingerprint density at radius 3 is 2.36 bits per heavy atom. The predicted molar refractivity (Wildman–Crippen MR) is 112 cm³/mol. The molecule has 0 aliphatic rings. The normalized spacial score (nSPS) is 12.3. The topological polar surface area (TPSA) is 76.2 Å². The molecule has 28 heavy (non-hydrogen) atoms. The third-order valence-electron chi connectivity index (χ3n) is 3.91. The lowest BCUT2D eigenvalue weighted by molar-refractivity contribution is -0.384. The Bertz CT molecular complexity index is 974. The summed E-state index contributed by atoms with van der Waals surface area (Å²) < 4.78 is 5.20. The molecule has 0 unspecified atom stereocenters. The van der Waals surface area contributed by atoms with E-state index in [1.54, 1.807) is 19.2 Å². The van der Waals surface area contributed by atoms with Crippen LogP contribution in [0.1, 0.15) is 18.1 Å².